The number of hydrogen-bond donors (Lipinski definition) is 1. The van der Waals surface area contributed by atoms with Crippen LogP contribution in [0.25, 0.3) is 0 Å². The maximum Gasteiger partial charge on any atom is 0.147 e. The molecule has 0 atom stereocenters. The van der Waals surface area contributed by atoms with Gasteiger partial charge in [-0.1, -0.05) is 40.5 Å². The Morgan fingerprint density at radius 1 is 1.25 bits per heavy atom. The molecule has 0 saturated carbocycles. The van der Waals surface area contributed by atoms with Crippen molar-refractivity contribution in [3.8, 4) is 11.5 Å². The van der Waals surface area contributed by atoms with E-state index in [4.69, 9.17) is 16.3 Å². The van der Waals surface area contributed by atoms with Crippen LogP contribution in [0.4, 0.5) is 0 Å². The largest absolute Gasteiger partial charge is 0.456 e. The molecule has 1 aromatic carbocycles. The van der Waals surface area contributed by atoms with E-state index in [0.29, 0.717) is 10.8 Å². The van der Waals surface area contributed by atoms with Crippen LogP contribution < -0.4 is 10.1 Å². The first-order valence-corrected chi connectivity index (χ1v) is 7.63. The normalized spacial score (nSPS) is 10.6. The Hall–Kier alpha value is -1.10. The molecule has 0 spiro atoms. The molecule has 0 unspecified atom stereocenters. The third-order valence-corrected chi connectivity index (χ3v) is 3.63. The maximum absolute atomic E-state index is 5.88. The standard InChI is InChI=1S/C15H16BrClN2O/c1-2-5-18-8-11-3-4-13(7-15(11)16)20-14-6-12(17)9-19-10-14/h3-4,6-7,9-10,18H,2,5,8H2,1H3. The van der Waals surface area contributed by atoms with E-state index in [9.17, 15) is 0 Å². The summed E-state index contributed by atoms with van der Waals surface area (Å²) in [6.45, 7) is 4.00. The van der Waals surface area contributed by atoms with Crippen molar-refractivity contribution >= 4 is 27.5 Å². The van der Waals surface area contributed by atoms with E-state index in [0.717, 1.165) is 29.7 Å². The Labute approximate surface area is 132 Å². The minimum absolute atomic E-state index is 0.557. The van der Waals surface area contributed by atoms with Gasteiger partial charge in [0.25, 0.3) is 0 Å². The molecular formula is C15H16BrClN2O. The zero-order valence-corrected chi connectivity index (χ0v) is 13.5. The van der Waals surface area contributed by atoms with Crippen LogP contribution in [0, 0.1) is 0 Å². The van der Waals surface area contributed by atoms with E-state index in [2.05, 4.69) is 33.2 Å². The predicted octanol–water partition coefficient (Wildman–Crippen LogP) is 4.79. The molecule has 0 aliphatic heterocycles. The number of hydrogen-bond acceptors (Lipinski definition) is 3. The molecule has 0 saturated heterocycles. The van der Waals surface area contributed by atoms with Gasteiger partial charge in [-0.3, -0.25) is 4.98 Å². The molecular weight excluding hydrogens is 340 g/mol. The lowest BCUT2D eigenvalue weighted by Crippen LogP contribution is -2.14. The Morgan fingerprint density at radius 3 is 2.80 bits per heavy atom. The zero-order chi connectivity index (χ0) is 14.4. The van der Waals surface area contributed by atoms with Crippen molar-refractivity contribution in [1.82, 2.24) is 10.3 Å². The van der Waals surface area contributed by atoms with Gasteiger partial charge in [-0.15, -0.1) is 0 Å². The zero-order valence-electron chi connectivity index (χ0n) is 11.2. The van der Waals surface area contributed by atoms with Crippen molar-refractivity contribution in [1.29, 1.82) is 0 Å². The second-order valence-electron chi connectivity index (χ2n) is 4.37. The molecule has 0 bridgehead atoms. The van der Waals surface area contributed by atoms with E-state index in [1.165, 1.54) is 5.56 Å². The van der Waals surface area contributed by atoms with Gasteiger partial charge in [0.1, 0.15) is 11.5 Å². The van der Waals surface area contributed by atoms with Gasteiger partial charge in [-0.2, -0.15) is 0 Å². The lowest BCUT2D eigenvalue weighted by atomic mass is 10.2. The summed E-state index contributed by atoms with van der Waals surface area (Å²) in [7, 11) is 0. The average Bonchev–Trinajstić information content (AvgIpc) is 2.41. The van der Waals surface area contributed by atoms with Gasteiger partial charge in [-0.25, -0.2) is 0 Å². The van der Waals surface area contributed by atoms with Crippen molar-refractivity contribution in [2.45, 2.75) is 19.9 Å². The van der Waals surface area contributed by atoms with E-state index in [1.54, 1.807) is 18.5 Å². The molecule has 0 fully saturated rings. The van der Waals surface area contributed by atoms with Crippen molar-refractivity contribution in [2.24, 2.45) is 0 Å². The second-order valence-corrected chi connectivity index (χ2v) is 5.66. The highest BCUT2D eigenvalue weighted by Crippen LogP contribution is 2.27. The van der Waals surface area contributed by atoms with Crippen LogP contribution in [0.1, 0.15) is 18.9 Å². The third kappa shape index (κ3) is 4.47. The van der Waals surface area contributed by atoms with Crippen molar-refractivity contribution in [3.05, 3.63) is 51.7 Å². The van der Waals surface area contributed by atoms with E-state index >= 15 is 0 Å². The van der Waals surface area contributed by atoms with Crippen LogP contribution >= 0.6 is 27.5 Å². The summed E-state index contributed by atoms with van der Waals surface area (Å²) in [5, 5.41) is 3.93. The Morgan fingerprint density at radius 2 is 2.10 bits per heavy atom. The van der Waals surface area contributed by atoms with Crippen LogP contribution in [0.5, 0.6) is 11.5 Å². The summed E-state index contributed by atoms with van der Waals surface area (Å²) >= 11 is 9.44. The van der Waals surface area contributed by atoms with Crippen molar-refractivity contribution in [2.75, 3.05) is 6.54 Å². The molecule has 0 aliphatic rings. The molecule has 5 heteroatoms. The van der Waals surface area contributed by atoms with Gasteiger partial charge >= 0.3 is 0 Å². The average molecular weight is 356 g/mol. The van der Waals surface area contributed by atoms with Crippen LogP contribution in [0.15, 0.2) is 41.1 Å². The number of halogens is 2. The molecule has 106 valence electrons. The van der Waals surface area contributed by atoms with Crippen LogP contribution in [-0.4, -0.2) is 11.5 Å². The number of ether oxygens (including phenoxy) is 1. The second kappa shape index (κ2) is 7.62. The first-order valence-electron chi connectivity index (χ1n) is 6.46. The lowest BCUT2D eigenvalue weighted by Gasteiger charge is -2.09. The summed E-state index contributed by atoms with van der Waals surface area (Å²) in [6, 6.07) is 7.66. The minimum Gasteiger partial charge on any atom is -0.456 e. The third-order valence-electron chi connectivity index (χ3n) is 2.68. The molecule has 2 rings (SSSR count). The Bertz CT molecular complexity index is 578. The predicted molar refractivity (Wildman–Crippen MR) is 85.5 cm³/mol. The fourth-order valence-electron chi connectivity index (χ4n) is 1.72. The van der Waals surface area contributed by atoms with Crippen LogP contribution in [-0.2, 0) is 6.54 Å². The van der Waals surface area contributed by atoms with Gasteiger partial charge in [0.2, 0.25) is 0 Å². The van der Waals surface area contributed by atoms with E-state index in [1.807, 2.05) is 18.2 Å². The minimum atomic E-state index is 0.557. The molecule has 2 aromatic rings. The van der Waals surface area contributed by atoms with Gasteiger partial charge in [0.15, 0.2) is 0 Å². The fraction of sp³-hybridized carbons (Fsp3) is 0.267. The number of benzene rings is 1. The molecule has 1 N–H and O–H groups in total. The summed E-state index contributed by atoms with van der Waals surface area (Å²) in [6.07, 6.45) is 4.34. The van der Waals surface area contributed by atoms with Gasteiger partial charge in [0.05, 0.1) is 11.2 Å². The Kier molecular flexibility index (Phi) is 5.83. The number of pyridine rings is 1. The van der Waals surface area contributed by atoms with Crippen molar-refractivity contribution < 1.29 is 4.74 Å². The summed E-state index contributed by atoms with van der Waals surface area (Å²) in [5.74, 6) is 1.38. The fourth-order valence-corrected chi connectivity index (χ4v) is 2.38. The number of nitrogens with zero attached hydrogens (tertiary/aromatic N) is 1. The Balaban J connectivity index is 2.05. The van der Waals surface area contributed by atoms with E-state index < -0.39 is 0 Å². The highest BCUT2D eigenvalue weighted by atomic mass is 79.9. The molecule has 1 heterocycles. The molecule has 0 amide bonds. The topological polar surface area (TPSA) is 34.1 Å². The van der Waals surface area contributed by atoms with Gasteiger partial charge in [-0.05, 0) is 30.7 Å². The van der Waals surface area contributed by atoms with Crippen LogP contribution in [0.2, 0.25) is 5.02 Å². The molecule has 20 heavy (non-hydrogen) atoms. The van der Waals surface area contributed by atoms with Crippen LogP contribution in [0.3, 0.4) is 0 Å². The first kappa shape index (κ1) is 15.3. The monoisotopic (exact) mass is 354 g/mol. The quantitative estimate of drug-likeness (QED) is 0.757. The summed E-state index contributed by atoms with van der Waals surface area (Å²) in [4.78, 5) is 3.99. The van der Waals surface area contributed by atoms with Crippen molar-refractivity contribution in [3.63, 3.8) is 0 Å². The van der Waals surface area contributed by atoms with E-state index in [-0.39, 0.29) is 0 Å². The molecule has 0 aliphatic carbocycles. The lowest BCUT2D eigenvalue weighted by molar-refractivity contribution is 0.479. The summed E-state index contributed by atoms with van der Waals surface area (Å²) < 4.78 is 6.75. The van der Waals surface area contributed by atoms with Gasteiger partial charge in [0, 0.05) is 23.3 Å². The summed E-state index contributed by atoms with van der Waals surface area (Å²) in [5.41, 5.74) is 1.20. The molecule has 1 aromatic heterocycles. The first-order chi connectivity index (χ1) is 9.69. The number of rotatable bonds is 6. The number of nitrogens with one attached hydrogen (secondary N) is 1. The smallest absolute Gasteiger partial charge is 0.147 e. The molecule has 3 nitrogen and oxygen atoms in total. The highest BCUT2D eigenvalue weighted by molar-refractivity contribution is 9.10. The molecule has 0 radical (unpaired) electrons. The maximum atomic E-state index is 5.88. The highest BCUT2D eigenvalue weighted by Gasteiger charge is 2.04. The van der Waals surface area contributed by atoms with Gasteiger partial charge < -0.3 is 10.1 Å². The SMILES string of the molecule is CCCNCc1ccc(Oc2cncc(Cl)c2)cc1Br. The number of aromatic nitrogens is 1.